The van der Waals surface area contributed by atoms with Gasteiger partial charge in [0.1, 0.15) is 5.76 Å². The molecule has 22 heteroatoms. The molecule has 4 rings (SSSR count). The quantitative estimate of drug-likeness (QED) is 0.0331. The number of non-ortho nitro benzene ring substituents is 4. The van der Waals surface area contributed by atoms with E-state index in [1.807, 2.05) is 0 Å². The molecular weight excluding hydrogens is 824 g/mol. The summed E-state index contributed by atoms with van der Waals surface area (Å²) in [5.41, 5.74) is 1.59. The molecule has 0 aliphatic heterocycles. The first kappa shape index (κ1) is 50.1. The molecule has 1 N–H and O–H groups in total. The number of hydrogen-bond acceptors (Lipinski definition) is 14. The second-order valence-corrected chi connectivity index (χ2v) is 11.9. The summed E-state index contributed by atoms with van der Waals surface area (Å²) in [5.74, 6) is -1.35. The summed E-state index contributed by atoms with van der Waals surface area (Å²) in [4.78, 5) is 77.7. The van der Waals surface area contributed by atoms with Crippen molar-refractivity contribution in [2.45, 2.75) is 31.7 Å². The number of ketones is 1. The summed E-state index contributed by atoms with van der Waals surface area (Å²) in [7, 11) is 1.36. The lowest BCUT2D eigenvalue weighted by molar-refractivity contribution is -0.385. The monoisotopic (exact) mass is 852 g/mol. The van der Waals surface area contributed by atoms with Crippen LogP contribution >= 0.6 is 11.6 Å². The van der Waals surface area contributed by atoms with Gasteiger partial charge in [0.15, 0.2) is 6.07 Å². The van der Waals surface area contributed by atoms with Crippen LogP contribution in [0.1, 0.15) is 22.3 Å². The fourth-order valence-electron chi connectivity index (χ4n) is 4.51. The number of aliphatic carboxylic acids is 1. The Morgan fingerprint density at radius 3 is 1.33 bits per heavy atom. The van der Waals surface area contributed by atoms with Crippen molar-refractivity contribution in [1.82, 2.24) is 0 Å². The topological polar surface area (TPSA) is 310 Å². The van der Waals surface area contributed by atoms with Crippen molar-refractivity contribution in [2.75, 3.05) is 7.11 Å². The van der Waals surface area contributed by atoms with Gasteiger partial charge in [-0.25, -0.2) is 16.7 Å². The van der Waals surface area contributed by atoms with Gasteiger partial charge in [0.05, 0.1) is 45.9 Å². The lowest BCUT2D eigenvalue weighted by atomic mass is 10.0. The van der Waals surface area contributed by atoms with Gasteiger partial charge in [0.2, 0.25) is 11.0 Å². The summed E-state index contributed by atoms with van der Waals surface area (Å²) in [5, 5.41) is 66.9. The van der Waals surface area contributed by atoms with E-state index < -0.39 is 42.7 Å². The summed E-state index contributed by atoms with van der Waals surface area (Å²) in [6.45, 7) is 13.5. The van der Waals surface area contributed by atoms with Crippen LogP contribution < -0.4 is 0 Å². The van der Waals surface area contributed by atoms with Crippen LogP contribution in [0.3, 0.4) is 0 Å². The largest absolute Gasteiger partial charge is 0.511 e. The number of carbonyl (C=O) groups is 3. The molecule has 21 nitrogen and oxygen atoms in total. The maximum atomic E-state index is 11.4. The molecule has 61 heavy (non-hydrogen) atoms. The number of ether oxygens (including phenoxy) is 1. The number of methoxy groups -OCH3 is 1. The predicted octanol–water partition coefficient (Wildman–Crippen LogP) is 7.08. The van der Waals surface area contributed by atoms with E-state index in [2.05, 4.69) is 9.69 Å². The van der Waals surface area contributed by atoms with E-state index in [9.17, 15) is 54.8 Å². The smallest absolute Gasteiger partial charge is 0.364 e. The first-order chi connectivity index (χ1) is 28.9. The molecule has 0 aromatic heterocycles. The summed E-state index contributed by atoms with van der Waals surface area (Å²) in [6.07, 6.45) is -0.156. The van der Waals surface area contributed by atoms with Gasteiger partial charge < -0.3 is 9.84 Å². The van der Waals surface area contributed by atoms with Crippen molar-refractivity contribution in [3.05, 3.63) is 194 Å². The SMILES string of the molecule is O=C(Cl)Cc1cccc([N+](=O)[O-])c1.O=C(O)Cc1cccc([N+](=O)[O-])c1.[C-]#[N+]/C(C#N)=C(\Cc1cccc([N+](=O)[O-])c1)OC.[C-]#[N+]C(C#N)C(=O)Cc1cccc([N+](=O)[O-])c1. The zero-order valence-electron chi connectivity index (χ0n) is 31.4. The van der Waals surface area contributed by atoms with Crippen molar-refractivity contribution in [1.29, 1.82) is 10.5 Å². The van der Waals surface area contributed by atoms with Crippen molar-refractivity contribution < 1.29 is 43.9 Å². The number of carboxylic acid groups (broad SMARTS) is 1. The van der Waals surface area contributed by atoms with E-state index in [4.69, 9.17) is 45.1 Å². The summed E-state index contributed by atoms with van der Waals surface area (Å²) >= 11 is 5.14. The lowest BCUT2D eigenvalue weighted by Gasteiger charge is -2.06. The third-order valence-corrected chi connectivity index (χ3v) is 7.35. The Balaban J connectivity index is 0.000000411. The van der Waals surface area contributed by atoms with Gasteiger partial charge >= 0.3 is 12.0 Å². The molecule has 1 atom stereocenters. The Kier molecular flexibility index (Phi) is 21.4. The number of hydrogen-bond donors (Lipinski definition) is 1. The van der Waals surface area contributed by atoms with Crippen LogP contribution in [0.15, 0.2) is 109 Å². The minimum Gasteiger partial charge on any atom is -0.511 e. The van der Waals surface area contributed by atoms with Crippen LogP contribution in [-0.4, -0.2) is 54.9 Å². The molecule has 4 aromatic carbocycles. The number of allylic oxidation sites excluding steroid dienone is 2. The van der Waals surface area contributed by atoms with E-state index in [-0.39, 0.29) is 59.9 Å². The van der Waals surface area contributed by atoms with Crippen LogP contribution in [0.2, 0.25) is 0 Å². The molecule has 0 saturated heterocycles. The van der Waals surface area contributed by atoms with Gasteiger partial charge in [-0.2, -0.15) is 5.26 Å². The van der Waals surface area contributed by atoms with Gasteiger partial charge in [0.25, 0.3) is 28.4 Å². The van der Waals surface area contributed by atoms with Gasteiger partial charge in [-0.3, -0.25) is 59.7 Å². The van der Waals surface area contributed by atoms with Crippen LogP contribution in [0.4, 0.5) is 22.7 Å². The zero-order chi connectivity index (χ0) is 46.1. The fourth-order valence-corrected chi connectivity index (χ4v) is 4.67. The third kappa shape index (κ3) is 18.7. The molecule has 0 amide bonds. The Morgan fingerprint density at radius 1 is 0.689 bits per heavy atom. The van der Waals surface area contributed by atoms with E-state index in [0.717, 1.165) is 0 Å². The molecule has 0 bridgehead atoms. The maximum absolute atomic E-state index is 11.4. The van der Waals surface area contributed by atoms with Crippen molar-refractivity contribution in [2.24, 2.45) is 0 Å². The Labute approximate surface area is 350 Å². The van der Waals surface area contributed by atoms with Crippen molar-refractivity contribution in [3.8, 4) is 12.1 Å². The summed E-state index contributed by atoms with van der Waals surface area (Å²) < 4.78 is 4.97. The number of Topliss-reactive ketones (excluding diaryl/α,β-unsaturated/α-hetero) is 1. The normalized spacial score (nSPS) is 10.3. The Bertz CT molecular complexity index is 2400. The van der Waals surface area contributed by atoms with Crippen LogP contribution in [0.5, 0.6) is 0 Å². The molecule has 1 unspecified atom stereocenters. The zero-order valence-corrected chi connectivity index (χ0v) is 32.2. The molecule has 0 heterocycles. The number of nitro benzene ring substituents is 4. The first-order valence-electron chi connectivity index (χ1n) is 16.6. The molecule has 0 spiro atoms. The molecular formula is C39H29ClN8O13. The van der Waals surface area contributed by atoms with E-state index in [1.54, 1.807) is 42.5 Å². The number of carboxylic acids is 1. The van der Waals surface area contributed by atoms with Crippen molar-refractivity contribution >= 4 is 51.3 Å². The van der Waals surface area contributed by atoms with Gasteiger partial charge in [0, 0.05) is 67.8 Å². The molecule has 0 radical (unpaired) electrons. The highest BCUT2D eigenvalue weighted by Gasteiger charge is 2.23. The second-order valence-electron chi connectivity index (χ2n) is 11.5. The highest BCUT2D eigenvalue weighted by Crippen LogP contribution is 2.19. The standard InChI is InChI=1S/C12H9N3O3.C11H7N3O3.C8H6ClNO3.C8H7NO4/c1-14-11(8-13)12(18-2)7-9-4-3-5-10(6-9)15(16)17;1-13-10(7-12)11(15)6-8-3-2-4-9(5-8)14(16)17;9-8(11)5-6-2-1-3-7(4-6)10(12)13;10-8(11)5-6-2-1-3-7(4-6)9(12)13/h3-6H,7H2,2H3;2-5,10H,6H2;1-4H,5H2;1-4H,5H2,(H,10,11)/b12-11+;;;. The lowest BCUT2D eigenvalue weighted by Crippen LogP contribution is -2.17. The highest BCUT2D eigenvalue weighted by molar-refractivity contribution is 6.63. The minimum atomic E-state index is -1.34. The number of benzene rings is 4. The molecule has 0 aliphatic rings. The van der Waals surface area contributed by atoms with E-state index in [0.29, 0.717) is 22.3 Å². The molecule has 0 fully saturated rings. The predicted molar refractivity (Wildman–Crippen MR) is 213 cm³/mol. The van der Waals surface area contributed by atoms with E-state index >= 15 is 0 Å². The average molecular weight is 853 g/mol. The maximum Gasteiger partial charge on any atom is 0.364 e. The number of halogens is 1. The number of nitro groups is 4. The Morgan fingerprint density at radius 2 is 1.05 bits per heavy atom. The average Bonchev–Trinajstić information content (AvgIpc) is 3.22. The van der Waals surface area contributed by atoms with Crippen LogP contribution in [0.25, 0.3) is 9.69 Å². The second kappa shape index (κ2) is 26.1. The third-order valence-electron chi connectivity index (χ3n) is 7.21. The summed E-state index contributed by atoms with van der Waals surface area (Å²) in [6, 6.07) is 24.9. The van der Waals surface area contributed by atoms with Gasteiger partial charge in [-0.1, -0.05) is 48.5 Å². The number of nitrogens with zero attached hydrogens (tertiary/aromatic N) is 8. The van der Waals surface area contributed by atoms with Gasteiger partial charge in [-0.15, -0.1) is 0 Å². The number of rotatable bonds is 14. The molecule has 0 saturated carbocycles. The number of carbonyl (C=O) groups excluding carboxylic acids is 2. The fraction of sp³-hybridized carbons (Fsp3) is 0.154. The highest BCUT2D eigenvalue weighted by atomic mass is 35.5. The molecule has 0 aliphatic carbocycles. The van der Waals surface area contributed by atoms with Gasteiger partial charge in [-0.05, 0) is 33.9 Å². The minimum absolute atomic E-state index is 0.0171. The molecule has 4 aromatic rings. The first-order valence-corrected chi connectivity index (χ1v) is 16.9. The van der Waals surface area contributed by atoms with Crippen LogP contribution in [0, 0.1) is 76.3 Å². The van der Waals surface area contributed by atoms with Crippen molar-refractivity contribution in [3.63, 3.8) is 0 Å². The van der Waals surface area contributed by atoms with Crippen LogP contribution in [-0.2, 0) is 44.8 Å². The van der Waals surface area contributed by atoms with E-state index in [1.165, 1.54) is 73.8 Å². The molecule has 310 valence electrons. The Hall–Kier alpha value is -8.92. The number of nitriles is 2.